The standard InChI is InChI=1S/C17H20N4O/c1-3-21-11-18-20-17(21)14-5-4-6-15(10-14)19-16(22)9-12(2)13-7-8-13/h4-6,9-11,13H,3,7-8H2,1-2H3,(H,19,22). The van der Waals surface area contributed by atoms with Gasteiger partial charge in [-0.15, -0.1) is 10.2 Å². The van der Waals surface area contributed by atoms with E-state index in [9.17, 15) is 4.79 Å². The van der Waals surface area contributed by atoms with Gasteiger partial charge in [0, 0.05) is 23.9 Å². The predicted molar refractivity (Wildman–Crippen MR) is 86.2 cm³/mol. The van der Waals surface area contributed by atoms with Gasteiger partial charge in [0.2, 0.25) is 5.91 Å². The summed E-state index contributed by atoms with van der Waals surface area (Å²) in [5.74, 6) is 1.35. The van der Waals surface area contributed by atoms with Crippen molar-refractivity contribution in [3.8, 4) is 11.4 Å². The number of anilines is 1. The molecule has 0 aliphatic heterocycles. The molecule has 0 radical (unpaired) electrons. The van der Waals surface area contributed by atoms with Crippen molar-refractivity contribution in [2.24, 2.45) is 5.92 Å². The third-order valence-corrected chi connectivity index (χ3v) is 3.92. The van der Waals surface area contributed by atoms with Crippen molar-refractivity contribution in [1.29, 1.82) is 0 Å². The molecule has 0 spiro atoms. The number of hydrogen-bond acceptors (Lipinski definition) is 3. The zero-order chi connectivity index (χ0) is 15.5. The van der Waals surface area contributed by atoms with Gasteiger partial charge in [0.1, 0.15) is 6.33 Å². The van der Waals surface area contributed by atoms with Crippen molar-refractivity contribution in [3.63, 3.8) is 0 Å². The molecule has 1 aromatic carbocycles. The lowest BCUT2D eigenvalue weighted by Gasteiger charge is -2.07. The van der Waals surface area contributed by atoms with E-state index in [0.717, 1.165) is 23.6 Å². The van der Waals surface area contributed by atoms with E-state index in [1.165, 1.54) is 18.4 Å². The third kappa shape index (κ3) is 3.24. The highest BCUT2D eigenvalue weighted by Gasteiger charge is 2.23. The Morgan fingerprint density at radius 2 is 2.27 bits per heavy atom. The Morgan fingerprint density at radius 3 is 3.00 bits per heavy atom. The highest BCUT2D eigenvalue weighted by atomic mass is 16.1. The minimum absolute atomic E-state index is 0.0708. The highest BCUT2D eigenvalue weighted by Crippen LogP contribution is 2.35. The van der Waals surface area contributed by atoms with Gasteiger partial charge < -0.3 is 9.88 Å². The molecule has 1 amide bonds. The number of allylic oxidation sites excluding steroid dienone is 1. The highest BCUT2D eigenvalue weighted by molar-refractivity contribution is 6.00. The summed E-state index contributed by atoms with van der Waals surface area (Å²) in [5, 5.41) is 11.0. The topological polar surface area (TPSA) is 59.8 Å². The maximum Gasteiger partial charge on any atom is 0.248 e. The Kier molecular flexibility index (Phi) is 4.04. The minimum Gasteiger partial charge on any atom is -0.322 e. The summed E-state index contributed by atoms with van der Waals surface area (Å²) in [5.41, 5.74) is 2.88. The van der Waals surface area contributed by atoms with Crippen LogP contribution in [0.4, 0.5) is 5.69 Å². The van der Waals surface area contributed by atoms with Crippen molar-refractivity contribution < 1.29 is 4.79 Å². The van der Waals surface area contributed by atoms with E-state index in [4.69, 9.17) is 0 Å². The molecule has 2 aromatic rings. The zero-order valence-electron chi connectivity index (χ0n) is 12.9. The van der Waals surface area contributed by atoms with Crippen molar-refractivity contribution in [1.82, 2.24) is 14.8 Å². The third-order valence-electron chi connectivity index (χ3n) is 3.92. The first-order valence-electron chi connectivity index (χ1n) is 7.64. The summed E-state index contributed by atoms with van der Waals surface area (Å²) < 4.78 is 1.97. The van der Waals surface area contributed by atoms with Crippen LogP contribution in [-0.4, -0.2) is 20.7 Å². The van der Waals surface area contributed by atoms with Crippen LogP contribution < -0.4 is 5.32 Å². The summed E-state index contributed by atoms with van der Waals surface area (Å²) in [6.07, 6.45) is 5.83. The van der Waals surface area contributed by atoms with E-state index in [1.54, 1.807) is 12.4 Å². The smallest absolute Gasteiger partial charge is 0.248 e. The second-order valence-corrected chi connectivity index (χ2v) is 5.67. The lowest BCUT2D eigenvalue weighted by molar-refractivity contribution is -0.112. The van der Waals surface area contributed by atoms with E-state index in [0.29, 0.717) is 5.92 Å². The monoisotopic (exact) mass is 296 g/mol. The number of aromatic nitrogens is 3. The quantitative estimate of drug-likeness (QED) is 0.862. The minimum atomic E-state index is -0.0708. The molecule has 0 atom stereocenters. The summed E-state index contributed by atoms with van der Waals surface area (Å²) in [6.45, 7) is 4.88. The maximum absolute atomic E-state index is 12.1. The average molecular weight is 296 g/mol. The van der Waals surface area contributed by atoms with Gasteiger partial charge in [0.25, 0.3) is 0 Å². The lowest BCUT2D eigenvalue weighted by atomic mass is 10.1. The lowest BCUT2D eigenvalue weighted by Crippen LogP contribution is -2.09. The Balaban J connectivity index is 1.76. The fraction of sp³-hybridized carbons (Fsp3) is 0.353. The van der Waals surface area contributed by atoms with E-state index in [2.05, 4.69) is 15.5 Å². The van der Waals surface area contributed by atoms with Gasteiger partial charge in [0.05, 0.1) is 0 Å². The zero-order valence-corrected chi connectivity index (χ0v) is 12.9. The molecular formula is C17H20N4O. The summed E-state index contributed by atoms with van der Waals surface area (Å²) in [6, 6.07) is 7.69. The molecule has 114 valence electrons. The largest absolute Gasteiger partial charge is 0.322 e. The molecule has 1 aliphatic rings. The molecule has 1 heterocycles. The number of carbonyl (C=O) groups is 1. The second kappa shape index (κ2) is 6.13. The number of rotatable bonds is 5. The van der Waals surface area contributed by atoms with E-state index >= 15 is 0 Å². The van der Waals surface area contributed by atoms with Crippen molar-refractivity contribution in [3.05, 3.63) is 42.2 Å². The van der Waals surface area contributed by atoms with Gasteiger partial charge in [-0.25, -0.2) is 0 Å². The van der Waals surface area contributed by atoms with Crippen LogP contribution in [0.5, 0.6) is 0 Å². The summed E-state index contributed by atoms with van der Waals surface area (Å²) in [4.78, 5) is 12.1. The molecule has 5 heteroatoms. The van der Waals surface area contributed by atoms with Crippen LogP contribution >= 0.6 is 0 Å². The molecule has 1 aliphatic carbocycles. The van der Waals surface area contributed by atoms with Crippen molar-refractivity contribution in [2.75, 3.05) is 5.32 Å². The molecule has 1 aromatic heterocycles. The molecule has 3 rings (SSSR count). The van der Waals surface area contributed by atoms with E-state index in [1.807, 2.05) is 42.7 Å². The Morgan fingerprint density at radius 1 is 1.45 bits per heavy atom. The molecule has 1 saturated carbocycles. The normalized spacial score (nSPS) is 14.9. The van der Waals surface area contributed by atoms with Crippen LogP contribution in [0, 0.1) is 5.92 Å². The Bertz CT molecular complexity index is 713. The summed E-state index contributed by atoms with van der Waals surface area (Å²) in [7, 11) is 0. The van der Waals surface area contributed by atoms with Gasteiger partial charge >= 0.3 is 0 Å². The first kappa shape index (κ1) is 14.5. The van der Waals surface area contributed by atoms with Crippen molar-refractivity contribution in [2.45, 2.75) is 33.2 Å². The van der Waals surface area contributed by atoms with Gasteiger partial charge in [-0.2, -0.15) is 0 Å². The molecule has 0 saturated heterocycles. The van der Waals surface area contributed by atoms with E-state index in [-0.39, 0.29) is 5.91 Å². The molecule has 1 fully saturated rings. The fourth-order valence-electron chi connectivity index (χ4n) is 2.49. The van der Waals surface area contributed by atoms with Gasteiger partial charge in [-0.1, -0.05) is 17.7 Å². The molecule has 1 N–H and O–H groups in total. The number of nitrogens with zero attached hydrogens (tertiary/aromatic N) is 3. The number of amides is 1. The predicted octanol–water partition coefficient (Wildman–Crippen LogP) is 3.26. The maximum atomic E-state index is 12.1. The molecule has 22 heavy (non-hydrogen) atoms. The fourth-order valence-corrected chi connectivity index (χ4v) is 2.49. The van der Waals surface area contributed by atoms with Crippen LogP contribution in [0.15, 0.2) is 42.2 Å². The van der Waals surface area contributed by atoms with Crippen LogP contribution in [0.2, 0.25) is 0 Å². The number of benzene rings is 1. The van der Waals surface area contributed by atoms with Crippen LogP contribution in [-0.2, 0) is 11.3 Å². The second-order valence-electron chi connectivity index (χ2n) is 5.67. The number of nitrogens with one attached hydrogen (secondary N) is 1. The molecule has 5 nitrogen and oxygen atoms in total. The van der Waals surface area contributed by atoms with Crippen LogP contribution in [0.3, 0.4) is 0 Å². The average Bonchev–Trinajstić information content (AvgIpc) is 3.25. The van der Waals surface area contributed by atoms with Crippen LogP contribution in [0.25, 0.3) is 11.4 Å². The molecule has 0 bridgehead atoms. The summed E-state index contributed by atoms with van der Waals surface area (Å²) >= 11 is 0. The van der Waals surface area contributed by atoms with Crippen LogP contribution in [0.1, 0.15) is 26.7 Å². The number of hydrogen-bond donors (Lipinski definition) is 1. The van der Waals surface area contributed by atoms with Gasteiger partial charge in [0.15, 0.2) is 5.82 Å². The van der Waals surface area contributed by atoms with Crippen molar-refractivity contribution >= 4 is 11.6 Å². The van der Waals surface area contributed by atoms with Gasteiger partial charge in [-0.3, -0.25) is 4.79 Å². The number of aryl methyl sites for hydroxylation is 1. The number of carbonyl (C=O) groups excluding carboxylic acids is 1. The van der Waals surface area contributed by atoms with Gasteiger partial charge in [-0.05, 0) is 44.7 Å². The first-order valence-corrected chi connectivity index (χ1v) is 7.64. The first-order chi connectivity index (χ1) is 10.7. The SMILES string of the molecule is CCn1cnnc1-c1cccc(NC(=O)C=C(C)C2CC2)c1. The molecular weight excluding hydrogens is 276 g/mol. The Hall–Kier alpha value is -2.43. The molecule has 0 unspecified atom stereocenters. The van der Waals surface area contributed by atoms with E-state index < -0.39 is 0 Å². The Labute approximate surface area is 130 Å².